The molecule has 0 radical (unpaired) electrons. The molecule has 1 heteroatoms. The van der Waals surface area contributed by atoms with E-state index in [1.165, 1.54) is 13.0 Å². The highest BCUT2D eigenvalue weighted by molar-refractivity contribution is 5.04. The lowest BCUT2D eigenvalue weighted by atomic mass is 9.46. The molecule has 1 N–H and O–H groups in total. The molecule has 2 unspecified atom stereocenters. The number of hydrogen-bond donors (Lipinski definition) is 1. The molecule has 4 aliphatic rings. The Hall–Kier alpha value is -0.0400. The lowest BCUT2D eigenvalue weighted by Crippen LogP contribution is -2.53. The molecule has 0 aromatic heterocycles. The SMILES string of the molecule is CCCNC(C)C(C)C12CC3CC(CC(C3)C1)C2. The Labute approximate surface area is 113 Å². The van der Waals surface area contributed by atoms with E-state index in [0.29, 0.717) is 6.04 Å². The van der Waals surface area contributed by atoms with Gasteiger partial charge < -0.3 is 5.32 Å². The van der Waals surface area contributed by atoms with Crippen molar-refractivity contribution in [2.45, 2.75) is 71.8 Å². The van der Waals surface area contributed by atoms with Crippen LogP contribution in [0, 0.1) is 29.1 Å². The zero-order valence-electron chi connectivity index (χ0n) is 12.5. The molecule has 0 aromatic carbocycles. The van der Waals surface area contributed by atoms with Gasteiger partial charge in [-0.05, 0) is 87.5 Å². The molecule has 4 bridgehead atoms. The molecule has 1 nitrogen and oxygen atoms in total. The minimum Gasteiger partial charge on any atom is -0.314 e. The summed E-state index contributed by atoms with van der Waals surface area (Å²) in [5.41, 5.74) is 0.717. The summed E-state index contributed by atoms with van der Waals surface area (Å²) < 4.78 is 0. The monoisotopic (exact) mass is 249 g/mol. The van der Waals surface area contributed by atoms with Gasteiger partial charge in [-0.1, -0.05) is 13.8 Å². The van der Waals surface area contributed by atoms with Gasteiger partial charge in [-0.3, -0.25) is 0 Å². The van der Waals surface area contributed by atoms with E-state index in [0.717, 1.165) is 29.1 Å². The maximum absolute atomic E-state index is 3.76. The van der Waals surface area contributed by atoms with Crippen molar-refractivity contribution in [2.75, 3.05) is 6.54 Å². The van der Waals surface area contributed by atoms with Gasteiger partial charge in [0, 0.05) is 6.04 Å². The van der Waals surface area contributed by atoms with E-state index >= 15 is 0 Å². The van der Waals surface area contributed by atoms with Crippen LogP contribution in [0.1, 0.15) is 65.7 Å². The zero-order valence-corrected chi connectivity index (χ0v) is 12.5. The Bertz CT molecular complexity index is 261. The Morgan fingerprint density at radius 1 is 1.00 bits per heavy atom. The normalized spacial score (nSPS) is 45.2. The van der Waals surface area contributed by atoms with Crippen LogP contribution in [0.4, 0.5) is 0 Å². The number of rotatable bonds is 5. The van der Waals surface area contributed by atoms with Gasteiger partial charge in [0.1, 0.15) is 0 Å². The number of nitrogens with one attached hydrogen (secondary N) is 1. The summed E-state index contributed by atoms with van der Waals surface area (Å²) in [5, 5.41) is 3.76. The standard InChI is InChI=1S/C17H31N/c1-4-5-18-13(3)12(2)17-9-14-6-15(10-17)8-16(7-14)11-17/h12-16,18H,4-11H2,1-3H3. The molecule has 4 rings (SSSR count). The van der Waals surface area contributed by atoms with Gasteiger partial charge in [0.2, 0.25) is 0 Å². The highest BCUT2D eigenvalue weighted by Crippen LogP contribution is 2.63. The van der Waals surface area contributed by atoms with Crippen molar-refractivity contribution in [3.8, 4) is 0 Å². The molecule has 0 saturated heterocycles. The fourth-order valence-corrected chi connectivity index (χ4v) is 5.81. The maximum Gasteiger partial charge on any atom is 0.00696 e. The molecule has 4 fully saturated rings. The van der Waals surface area contributed by atoms with Crippen molar-refractivity contribution in [2.24, 2.45) is 29.1 Å². The third kappa shape index (κ3) is 2.13. The van der Waals surface area contributed by atoms with Crippen LogP contribution in [0.3, 0.4) is 0 Å². The Balaban J connectivity index is 1.70. The minimum atomic E-state index is 0.709. The first-order valence-corrected chi connectivity index (χ1v) is 8.36. The van der Waals surface area contributed by atoms with Crippen molar-refractivity contribution >= 4 is 0 Å². The fourth-order valence-electron chi connectivity index (χ4n) is 5.81. The summed E-state index contributed by atoms with van der Waals surface area (Å²) in [6, 6.07) is 0.709. The summed E-state index contributed by atoms with van der Waals surface area (Å²) >= 11 is 0. The largest absolute Gasteiger partial charge is 0.314 e. The first-order chi connectivity index (χ1) is 8.63. The summed E-state index contributed by atoms with van der Waals surface area (Å²) in [7, 11) is 0. The van der Waals surface area contributed by atoms with Gasteiger partial charge in [-0.25, -0.2) is 0 Å². The van der Waals surface area contributed by atoms with Crippen LogP contribution >= 0.6 is 0 Å². The predicted molar refractivity (Wildman–Crippen MR) is 77.5 cm³/mol. The van der Waals surface area contributed by atoms with Crippen LogP contribution in [0.2, 0.25) is 0 Å². The molecule has 4 aliphatic carbocycles. The predicted octanol–water partition coefficient (Wildman–Crippen LogP) is 4.23. The van der Waals surface area contributed by atoms with E-state index in [2.05, 4.69) is 26.1 Å². The van der Waals surface area contributed by atoms with Crippen LogP contribution in [-0.4, -0.2) is 12.6 Å². The van der Waals surface area contributed by atoms with Crippen LogP contribution in [-0.2, 0) is 0 Å². The van der Waals surface area contributed by atoms with E-state index < -0.39 is 0 Å². The second-order valence-electron chi connectivity index (χ2n) is 7.81. The molecule has 0 spiro atoms. The van der Waals surface area contributed by atoms with Crippen LogP contribution in [0.5, 0.6) is 0 Å². The molecule has 104 valence electrons. The highest BCUT2D eigenvalue weighted by atomic mass is 14.9. The summed E-state index contributed by atoms with van der Waals surface area (Å²) in [4.78, 5) is 0. The van der Waals surface area contributed by atoms with E-state index in [4.69, 9.17) is 0 Å². The molecule has 2 atom stereocenters. The van der Waals surface area contributed by atoms with Gasteiger partial charge in [0.25, 0.3) is 0 Å². The average Bonchev–Trinajstić information content (AvgIpc) is 2.33. The maximum atomic E-state index is 3.76. The third-order valence-electron chi connectivity index (χ3n) is 6.52. The van der Waals surface area contributed by atoms with Crippen molar-refractivity contribution < 1.29 is 0 Å². The van der Waals surface area contributed by atoms with Gasteiger partial charge in [0.15, 0.2) is 0 Å². The molecular formula is C17H31N. The Morgan fingerprint density at radius 3 is 1.94 bits per heavy atom. The number of hydrogen-bond acceptors (Lipinski definition) is 1. The second-order valence-corrected chi connectivity index (χ2v) is 7.81. The molecule has 0 aromatic rings. The fraction of sp³-hybridized carbons (Fsp3) is 1.00. The quantitative estimate of drug-likeness (QED) is 0.769. The van der Waals surface area contributed by atoms with Gasteiger partial charge >= 0.3 is 0 Å². The van der Waals surface area contributed by atoms with Crippen LogP contribution in [0.15, 0.2) is 0 Å². The molecule has 0 amide bonds. The van der Waals surface area contributed by atoms with Crippen molar-refractivity contribution in [3.05, 3.63) is 0 Å². The molecule has 4 saturated carbocycles. The van der Waals surface area contributed by atoms with E-state index in [1.807, 2.05) is 0 Å². The Kier molecular flexibility index (Phi) is 3.47. The zero-order chi connectivity index (χ0) is 12.8. The molecule has 0 aliphatic heterocycles. The van der Waals surface area contributed by atoms with Gasteiger partial charge in [-0.15, -0.1) is 0 Å². The summed E-state index contributed by atoms with van der Waals surface area (Å²) in [6.45, 7) is 8.44. The summed E-state index contributed by atoms with van der Waals surface area (Å²) in [6.07, 6.45) is 10.6. The van der Waals surface area contributed by atoms with Gasteiger partial charge in [0.05, 0.1) is 0 Å². The van der Waals surface area contributed by atoms with Crippen LogP contribution in [0.25, 0.3) is 0 Å². The Morgan fingerprint density at radius 2 is 1.50 bits per heavy atom. The second kappa shape index (κ2) is 4.81. The lowest BCUT2D eigenvalue weighted by molar-refractivity contribution is -0.0895. The minimum absolute atomic E-state index is 0.709. The lowest BCUT2D eigenvalue weighted by Gasteiger charge is -2.60. The van der Waals surface area contributed by atoms with Crippen molar-refractivity contribution in [3.63, 3.8) is 0 Å². The molecule has 0 heterocycles. The first-order valence-electron chi connectivity index (χ1n) is 8.36. The van der Waals surface area contributed by atoms with Gasteiger partial charge in [-0.2, -0.15) is 0 Å². The molecular weight excluding hydrogens is 218 g/mol. The third-order valence-corrected chi connectivity index (χ3v) is 6.52. The molecule has 18 heavy (non-hydrogen) atoms. The summed E-state index contributed by atoms with van der Waals surface area (Å²) in [5.74, 6) is 4.16. The van der Waals surface area contributed by atoms with Crippen molar-refractivity contribution in [1.29, 1.82) is 0 Å². The van der Waals surface area contributed by atoms with E-state index in [9.17, 15) is 0 Å². The topological polar surface area (TPSA) is 12.0 Å². The van der Waals surface area contributed by atoms with E-state index in [-0.39, 0.29) is 0 Å². The van der Waals surface area contributed by atoms with Crippen LogP contribution < -0.4 is 5.32 Å². The van der Waals surface area contributed by atoms with E-state index in [1.54, 1.807) is 38.5 Å². The first kappa shape index (κ1) is 13.0. The van der Waals surface area contributed by atoms with Crippen molar-refractivity contribution in [1.82, 2.24) is 5.32 Å². The average molecular weight is 249 g/mol. The smallest absolute Gasteiger partial charge is 0.00696 e. The highest BCUT2D eigenvalue weighted by Gasteiger charge is 2.53.